The molecule has 11 rings (SSSR count). The van der Waals surface area contributed by atoms with Crippen LogP contribution in [-0.4, -0.2) is 50.0 Å². The minimum absolute atomic E-state index is 0.0174. The number of thiazole rings is 4. The maximum absolute atomic E-state index is 5.09. The van der Waals surface area contributed by atoms with Crippen LogP contribution in [0.5, 0.6) is 0 Å². The maximum Gasteiger partial charge on any atom is 0.231 e. The molecule has 2 aromatic carbocycles. The summed E-state index contributed by atoms with van der Waals surface area (Å²) in [5, 5.41) is 12.2. The molecule has 0 spiro atoms. The summed E-state index contributed by atoms with van der Waals surface area (Å²) < 4.78 is 15.7. The first-order chi connectivity index (χ1) is 40.0. The molecule has 0 bridgehead atoms. The van der Waals surface area contributed by atoms with Crippen LogP contribution in [0.3, 0.4) is 0 Å². The fourth-order valence-corrected chi connectivity index (χ4v) is 8.88. The van der Waals surface area contributed by atoms with Gasteiger partial charge in [0.25, 0.3) is 0 Å². The van der Waals surface area contributed by atoms with Crippen LogP contribution in [-0.2, 0) is 32.5 Å². The van der Waals surface area contributed by atoms with Crippen molar-refractivity contribution in [2.75, 3.05) is 0 Å². The second kappa shape index (κ2) is 35.0. The van der Waals surface area contributed by atoms with Crippen molar-refractivity contribution in [1.82, 2.24) is 50.0 Å². The van der Waals surface area contributed by atoms with E-state index in [0.717, 1.165) is 38.0 Å². The van der Waals surface area contributed by atoms with Gasteiger partial charge in [-0.2, -0.15) is 4.98 Å². The summed E-state index contributed by atoms with van der Waals surface area (Å²) in [5.41, 5.74) is 7.85. The fraction of sp³-hybridized carbons (Fsp3) is 0.486. The number of nitrogens with zero attached hydrogens (tertiary/aromatic N) is 10. The normalized spacial score (nSPS) is 11.6. The Balaban J connectivity index is 0.000000337. The monoisotopic (exact) mass is 1260 g/mol. The molecule has 0 fully saturated rings. The summed E-state index contributed by atoms with van der Waals surface area (Å²) in [6.45, 7) is 56.0. The number of rotatable bonds is 0. The minimum Gasteiger partial charge on any atom is -0.452 e. The Hall–Kier alpha value is -6.40. The molecule has 0 saturated heterocycles. The molecule has 474 valence electrons. The molecule has 0 aliphatic carbocycles. The van der Waals surface area contributed by atoms with Gasteiger partial charge in [-0.05, 0) is 47.2 Å². The van der Waals surface area contributed by atoms with E-state index in [1.807, 2.05) is 74.3 Å². The van der Waals surface area contributed by atoms with Gasteiger partial charge in [-0.15, -0.1) is 34.0 Å². The van der Waals surface area contributed by atoms with Crippen molar-refractivity contribution in [3.05, 3.63) is 178 Å². The van der Waals surface area contributed by atoms with E-state index in [4.69, 9.17) is 8.94 Å². The molecule has 9 heterocycles. The van der Waals surface area contributed by atoms with Crippen LogP contribution in [0.2, 0.25) is 0 Å². The van der Waals surface area contributed by atoms with Crippen LogP contribution < -0.4 is 0 Å². The summed E-state index contributed by atoms with van der Waals surface area (Å²) >= 11 is 6.80. The number of para-hydroxylation sites is 2. The molecular weight excluding hydrogens is 1160 g/mol. The zero-order valence-corrected chi connectivity index (χ0v) is 60.5. The highest BCUT2D eigenvalue weighted by Gasteiger charge is 2.22. The zero-order chi connectivity index (χ0) is 65.9. The highest BCUT2D eigenvalue weighted by Crippen LogP contribution is 2.32. The van der Waals surface area contributed by atoms with Gasteiger partial charge in [-0.1, -0.05) is 233 Å². The lowest BCUT2D eigenvalue weighted by Crippen LogP contribution is -2.13. The first-order valence-electron chi connectivity index (χ1n) is 29.2. The van der Waals surface area contributed by atoms with Gasteiger partial charge in [0.2, 0.25) is 5.89 Å². The van der Waals surface area contributed by atoms with Crippen molar-refractivity contribution in [3.63, 3.8) is 0 Å². The van der Waals surface area contributed by atoms with Gasteiger partial charge in [-0.25, -0.2) is 29.9 Å². The summed E-state index contributed by atoms with van der Waals surface area (Å²) in [5.74, 6) is 1.48. The lowest BCUT2D eigenvalue weighted by molar-refractivity contribution is 0.320. The van der Waals surface area contributed by atoms with Gasteiger partial charge >= 0.3 is 0 Å². The van der Waals surface area contributed by atoms with Crippen molar-refractivity contribution < 1.29 is 13.4 Å². The quantitative estimate of drug-likeness (QED) is 0.141. The van der Waals surface area contributed by atoms with Crippen LogP contribution in [0.25, 0.3) is 31.5 Å². The van der Waals surface area contributed by atoms with Crippen LogP contribution in [0.15, 0.2) is 159 Å². The lowest BCUT2D eigenvalue weighted by Gasteiger charge is -2.17. The van der Waals surface area contributed by atoms with E-state index in [2.05, 4.69) is 256 Å². The van der Waals surface area contributed by atoms with Crippen molar-refractivity contribution in [3.8, 4) is 0 Å². The van der Waals surface area contributed by atoms with Crippen LogP contribution >= 0.6 is 45.3 Å². The molecule has 0 N–H and O–H groups in total. The number of benzene rings is 2. The number of oxazole rings is 2. The molecule has 0 aliphatic heterocycles. The van der Waals surface area contributed by atoms with E-state index in [0.29, 0.717) is 16.7 Å². The molecule has 0 radical (unpaired) electrons. The Morgan fingerprint density at radius 3 is 1.34 bits per heavy atom. The highest BCUT2D eigenvalue weighted by molar-refractivity contribution is 7.18. The topological polar surface area (TPSA) is 168 Å². The Labute approximate surface area is 537 Å². The van der Waals surface area contributed by atoms with Gasteiger partial charge in [-0.3, -0.25) is 9.97 Å². The van der Waals surface area contributed by atoms with E-state index in [1.165, 1.54) is 39.1 Å². The van der Waals surface area contributed by atoms with E-state index < -0.39 is 0 Å². The highest BCUT2D eigenvalue weighted by atomic mass is 32.1. The van der Waals surface area contributed by atoms with Gasteiger partial charge in [0, 0.05) is 72.9 Å². The number of aromatic nitrogens is 10. The summed E-state index contributed by atoms with van der Waals surface area (Å²) in [7, 11) is 0. The lowest BCUT2D eigenvalue weighted by atomic mass is 9.91. The molecule has 0 amide bonds. The summed E-state index contributed by atoms with van der Waals surface area (Å²) in [6, 6.07) is 24.7. The van der Waals surface area contributed by atoms with Crippen LogP contribution in [0.1, 0.15) is 213 Å². The van der Waals surface area contributed by atoms with Gasteiger partial charge in [0.15, 0.2) is 18.6 Å². The van der Waals surface area contributed by atoms with Crippen molar-refractivity contribution in [2.45, 2.75) is 213 Å². The van der Waals surface area contributed by atoms with Crippen molar-refractivity contribution >= 4 is 76.8 Å². The molecule has 13 nitrogen and oxygen atoms in total. The molecular formula is C70H102N10O3S4. The Morgan fingerprint density at radius 1 is 0.402 bits per heavy atom. The maximum atomic E-state index is 5.09. The summed E-state index contributed by atoms with van der Waals surface area (Å²) in [6.07, 6.45) is 14.6. The molecule has 0 aliphatic rings. The number of pyridine rings is 2. The number of hydrogen-bond donors (Lipinski definition) is 0. The smallest absolute Gasteiger partial charge is 0.231 e. The van der Waals surface area contributed by atoms with E-state index in [9.17, 15) is 0 Å². The average molecular weight is 1260 g/mol. The van der Waals surface area contributed by atoms with Gasteiger partial charge < -0.3 is 13.4 Å². The third-order valence-corrected chi connectivity index (χ3v) is 14.5. The van der Waals surface area contributed by atoms with Gasteiger partial charge in [0.1, 0.15) is 27.9 Å². The van der Waals surface area contributed by atoms with Crippen molar-refractivity contribution in [1.29, 1.82) is 0 Å². The molecule has 87 heavy (non-hydrogen) atoms. The predicted octanol–water partition coefficient (Wildman–Crippen LogP) is 21.8. The first-order valence-corrected chi connectivity index (χ1v) is 32.6. The molecule has 11 aromatic rings. The number of fused-ring (bicyclic) bond motifs is 3. The Bertz CT molecular complexity index is 3120. The third-order valence-electron chi connectivity index (χ3n) is 9.96. The third kappa shape index (κ3) is 34.1. The summed E-state index contributed by atoms with van der Waals surface area (Å²) in [4.78, 5) is 38.5. The molecule has 0 unspecified atom stereocenters. The molecule has 17 heteroatoms. The Morgan fingerprint density at radius 2 is 0.966 bits per heavy atom. The van der Waals surface area contributed by atoms with Crippen LogP contribution in [0, 0.1) is 10.8 Å². The molecule has 0 atom stereocenters. The SMILES string of the molecule is CC(C)(C)C.CC(C)(C)C.CC(C)(C)c1ccc2ccccc2n1.CC(C)(C)c1nc2ccccc2s1.CC(C)(C)c1nc2cccnc2s1.CC(C)(C)c1ncco1.CC(C)(C)c1nccs1.CC(C)(C)c1ncno1.c1cocn1.c1cscn1. The molecule has 9 aromatic heterocycles. The molecule has 0 saturated carbocycles. The Kier molecular flexibility index (Phi) is 30.8. The van der Waals surface area contributed by atoms with E-state index in [1.54, 1.807) is 75.7 Å². The minimum atomic E-state index is -0.0174. The first kappa shape index (κ1) is 76.7. The number of hydrogen-bond acceptors (Lipinski definition) is 17. The van der Waals surface area contributed by atoms with E-state index >= 15 is 0 Å². The predicted molar refractivity (Wildman–Crippen MR) is 373 cm³/mol. The second-order valence-electron chi connectivity index (χ2n) is 29.5. The largest absolute Gasteiger partial charge is 0.452 e. The second-order valence-corrected chi connectivity index (χ2v) is 33.2. The average Bonchev–Trinajstić information content (AvgIpc) is 3.08. The fourth-order valence-electron chi connectivity index (χ4n) is 5.81. The van der Waals surface area contributed by atoms with E-state index in [-0.39, 0.29) is 32.5 Å². The van der Waals surface area contributed by atoms with Crippen molar-refractivity contribution in [2.24, 2.45) is 10.8 Å². The zero-order valence-electron chi connectivity index (χ0n) is 57.2. The van der Waals surface area contributed by atoms with Crippen LogP contribution in [0.4, 0.5) is 0 Å². The standard InChI is InChI=1S/C13H15N.C11H13NS.C10H12N2S.C7H11NO.C7H11NS.C6H10N2O.2C5H12.C3H3NO.C3H3NS/c1-13(2,3)12-9-8-10-6-4-5-7-11(10)14-12;1-11(2,3)10-12-8-6-4-5-7-9(8)13-10;1-10(2,3)9-12-7-5-4-6-11-8(7)13-9;2*1-7(2,3)6-8-4-5-9-6;1-6(2,3)5-7-4-8-9-5;2*1-5(2,3)4;2*1-2-5-3-4-1/h4-9H,1-3H3;4-7H,1-3H3;4-6H,1-3H3;2*4-5H,1-3H3;4H,1-3H3;2*1-4H3;2*1-3H. The van der Waals surface area contributed by atoms with Gasteiger partial charge in [0.05, 0.1) is 43.7 Å².